The summed E-state index contributed by atoms with van der Waals surface area (Å²) < 4.78 is 0.917. The number of aryl methyl sites for hydroxylation is 1. The van der Waals surface area contributed by atoms with Crippen LogP contribution in [0.25, 0.3) is 10.9 Å². The zero-order valence-electron chi connectivity index (χ0n) is 17.2. The predicted octanol–water partition coefficient (Wildman–Crippen LogP) is 5.69. The van der Waals surface area contributed by atoms with Crippen LogP contribution >= 0.6 is 15.9 Å². The average Bonchev–Trinajstić information content (AvgIpc) is 2.82. The minimum atomic E-state index is 0.543. The van der Waals surface area contributed by atoms with Gasteiger partial charge in [0.15, 0.2) is 0 Å². The first kappa shape index (κ1) is 20.8. The molecule has 4 aromatic rings. The minimum Gasteiger partial charge on any atom is -0.382 e. The lowest BCUT2D eigenvalue weighted by Gasteiger charge is -2.24. The van der Waals surface area contributed by atoms with E-state index >= 15 is 0 Å². The van der Waals surface area contributed by atoms with E-state index in [1.807, 2.05) is 61.7 Å². The van der Waals surface area contributed by atoms with E-state index in [1.54, 1.807) is 6.20 Å². The Bertz CT molecular complexity index is 1220. The largest absolute Gasteiger partial charge is 0.382 e. The Labute approximate surface area is 190 Å². The third kappa shape index (κ3) is 4.68. The SMILES string of the molecule is Cc1ccc(Br)c2ncc(C#N)c(NCCN(Cc3ccccc3)c3ccccn3)c12. The summed E-state index contributed by atoms with van der Waals surface area (Å²) in [4.78, 5) is 11.3. The second kappa shape index (κ2) is 9.59. The van der Waals surface area contributed by atoms with Crippen LogP contribution in [-0.2, 0) is 6.54 Å². The molecular weight excluding hydrogens is 450 g/mol. The molecule has 0 radical (unpaired) electrons. The van der Waals surface area contributed by atoms with Crippen LogP contribution in [0.2, 0.25) is 0 Å². The van der Waals surface area contributed by atoms with E-state index in [4.69, 9.17) is 0 Å². The van der Waals surface area contributed by atoms with Gasteiger partial charge in [0.1, 0.15) is 11.9 Å². The molecular formula is C25H22BrN5. The Morgan fingerprint density at radius 2 is 1.84 bits per heavy atom. The second-order valence-corrected chi connectivity index (χ2v) is 8.12. The number of halogens is 1. The highest BCUT2D eigenvalue weighted by Crippen LogP contribution is 2.32. The number of anilines is 2. The number of rotatable bonds is 7. The van der Waals surface area contributed by atoms with E-state index in [-0.39, 0.29) is 0 Å². The molecule has 0 aliphatic carbocycles. The maximum Gasteiger partial charge on any atom is 0.128 e. The van der Waals surface area contributed by atoms with E-state index in [2.05, 4.69) is 54.3 Å². The van der Waals surface area contributed by atoms with Crippen LogP contribution in [0.4, 0.5) is 11.5 Å². The lowest BCUT2D eigenvalue weighted by molar-refractivity contribution is 0.790. The molecule has 0 fully saturated rings. The van der Waals surface area contributed by atoms with Gasteiger partial charge in [-0.2, -0.15) is 5.26 Å². The van der Waals surface area contributed by atoms with Gasteiger partial charge in [0, 0.05) is 41.9 Å². The van der Waals surface area contributed by atoms with E-state index in [0.29, 0.717) is 12.1 Å². The number of hydrogen-bond donors (Lipinski definition) is 1. The summed E-state index contributed by atoms with van der Waals surface area (Å²) in [5.74, 6) is 0.923. The van der Waals surface area contributed by atoms with Crippen molar-refractivity contribution >= 4 is 38.3 Å². The van der Waals surface area contributed by atoms with Crippen LogP contribution in [0.5, 0.6) is 0 Å². The first-order chi connectivity index (χ1) is 15.2. The Morgan fingerprint density at radius 1 is 1.03 bits per heavy atom. The van der Waals surface area contributed by atoms with Crippen LogP contribution < -0.4 is 10.2 Å². The fourth-order valence-corrected chi connectivity index (χ4v) is 4.07. The van der Waals surface area contributed by atoms with E-state index in [1.165, 1.54) is 5.56 Å². The molecule has 1 N–H and O–H groups in total. The fourth-order valence-electron chi connectivity index (χ4n) is 3.64. The Balaban J connectivity index is 1.60. The zero-order valence-corrected chi connectivity index (χ0v) is 18.8. The lowest BCUT2D eigenvalue weighted by Crippen LogP contribution is -2.29. The summed E-state index contributed by atoms with van der Waals surface area (Å²) in [7, 11) is 0. The fraction of sp³-hybridized carbons (Fsp3) is 0.160. The molecule has 5 nitrogen and oxygen atoms in total. The number of nitrogens with one attached hydrogen (secondary N) is 1. The number of pyridine rings is 2. The van der Waals surface area contributed by atoms with Crippen LogP contribution in [0.15, 0.2) is 77.5 Å². The molecule has 0 amide bonds. The van der Waals surface area contributed by atoms with Crippen LogP contribution in [0.3, 0.4) is 0 Å². The number of nitriles is 1. The highest BCUT2D eigenvalue weighted by atomic mass is 79.9. The highest BCUT2D eigenvalue weighted by molar-refractivity contribution is 9.10. The van der Waals surface area contributed by atoms with E-state index in [9.17, 15) is 5.26 Å². The number of benzene rings is 2. The third-order valence-electron chi connectivity index (χ3n) is 5.17. The number of aromatic nitrogens is 2. The van der Waals surface area contributed by atoms with Gasteiger partial charge < -0.3 is 10.2 Å². The summed E-state index contributed by atoms with van der Waals surface area (Å²) in [6, 6.07) is 22.6. The van der Waals surface area contributed by atoms with Crippen molar-refractivity contribution in [3.63, 3.8) is 0 Å². The molecule has 0 aliphatic rings. The standard InChI is InChI=1S/C25H22BrN5/c1-18-10-11-21(26)25-23(18)24(20(15-27)16-30-25)29-13-14-31(22-9-5-6-12-28-22)17-19-7-3-2-4-8-19/h2-12,16H,13-14,17H2,1H3,(H,29,30). The second-order valence-electron chi connectivity index (χ2n) is 7.27. The number of fused-ring (bicyclic) bond motifs is 1. The number of nitrogens with zero attached hydrogens (tertiary/aromatic N) is 4. The first-order valence-corrected chi connectivity index (χ1v) is 10.9. The lowest BCUT2D eigenvalue weighted by atomic mass is 10.0. The topological polar surface area (TPSA) is 64.8 Å². The van der Waals surface area contributed by atoms with Gasteiger partial charge in [-0.1, -0.05) is 42.5 Å². The van der Waals surface area contributed by atoms with Crippen LogP contribution in [0, 0.1) is 18.3 Å². The maximum absolute atomic E-state index is 9.66. The smallest absolute Gasteiger partial charge is 0.128 e. The summed E-state index contributed by atoms with van der Waals surface area (Å²) in [5, 5.41) is 14.1. The molecule has 6 heteroatoms. The van der Waals surface area contributed by atoms with Crippen molar-refractivity contribution in [3.8, 4) is 6.07 Å². The Morgan fingerprint density at radius 3 is 2.58 bits per heavy atom. The maximum atomic E-state index is 9.66. The first-order valence-electron chi connectivity index (χ1n) is 10.1. The predicted molar refractivity (Wildman–Crippen MR) is 129 cm³/mol. The summed E-state index contributed by atoms with van der Waals surface area (Å²) in [6.45, 7) is 4.18. The van der Waals surface area contributed by atoms with Crippen molar-refractivity contribution in [1.82, 2.24) is 9.97 Å². The van der Waals surface area contributed by atoms with Gasteiger partial charge in [0.25, 0.3) is 0 Å². The molecule has 2 aromatic carbocycles. The third-order valence-corrected chi connectivity index (χ3v) is 5.81. The summed E-state index contributed by atoms with van der Waals surface area (Å²) in [5.41, 5.74) is 4.52. The molecule has 0 bridgehead atoms. The van der Waals surface area contributed by atoms with E-state index < -0.39 is 0 Å². The van der Waals surface area contributed by atoms with Crippen LogP contribution in [0.1, 0.15) is 16.7 Å². The molecule has 154 valence electrons. The summed E-state index contributed by atoms with van der Waals surface area (Å²) in [6.07, 6.45) is 3.45. The normalized spacial score (nSPS) is 10.6. The molecule has 2 aromatic heterocycles. The molecule has 0 saturated carbocycles. The van der Waals surface area contributed by atoms with Gasteiger partial charge in [0.2, 0.25) is 0 Å². The molecule has 2 heterocycles. The van der Waals surface area contributed by atoms with Gasteiger partial charge >= 0.3 is 0 Å². The van der Waals surface area contributed by atoms with Crippen molar-refractivity contribution in [3.05, 3.63) is 94.2 Å². The van der Waals surface area contributed by atoms with Gasteiger partial charge in [-0.25, -0.2) is 4.98 Å². The number of hydrogen-bond acceptors (Lipinski definition) is 5. The van der Waals surface area contributed by atoms with Crippen molar-refractivity contribution in [2.24, 2.45) is 0 Å². The minimum absolute atomic E-state index is 0.543. The Kier molecular flexibility index (Phi) is 6.44. The molecule has 0 atom stereocenters. The van der Waals surface area contributed by atoms with Gasteiger partial charge in [-0.3, -0.25) is 4.98 Å². The van der Waals surface area contributed by atoms with Crippen LogP contribution in [-0.4, -0.2) is 23.1 Å². The van der Waals surface area contributed by atoms with Gasteiger partial charge in [-0.05, 0) is 52.2 Å². The van der Waals surface area contributed by atoms with Gasteiger partial charge in [0.05, 0.1) is 16.8 Å². The Hall–Kier alpha value is -3.43. The molecule has 0 unspecified atom stereocenters. The quantitative estimate of drug-likeness (QED) is 0.374. The van der Waals surface area contributed by atoms with Crippen molar-refractivity contribution in [2.75, 3.05) is 23.3 Å². The monoisotopic (exact) mass is 471 g/mol. The van der Waals surface area contributed by atoms with Gasteiger partial charge in [-0.15, -0.1) is 0 Å². The van der Waals surface area contributed by atoms with Crippen molar-refractivity contribution < 1.29 is 0 Å². The molecule has 0 saturated heterocycles. The average molecular weight is 472 g/mol. The zero-order chi connectivity index (χ0) is 21.6. The molecule has 31 heavy (non-hydrogen) atoms. The van der Waals surface area contributed by atoms with E-state index in [0.717, 1.165) is 45.5 Å². The van der Waals surface area contributed by atoms with Crippen molar-refractivity contribution in [1.29, 1.82) is 5.26 Å². The molecule has 0 spiro atoms. The highest BCUT2D eigenvalue weighted by Gasteiger charge is 2.14. The summed E-state index contributed by atoms with van der Waals surface area (Å²) >= 11 is 3.58. The molecule has 0 aliphatic heterocycles. The van der Waals surface area contributed by atoms with Crippen molar-refractivity contribution in [2.45, 2.75) is 13.5 Å². The molecule has 4 rings (SSSR count).